The second-order valence-corrected chi connectivity index (χ2v) is 4.02. The van der Waals surface area contributed by atoms with Crippen molar-refractivity contribution in [3.8, 4) is 0 Å². The summed E-state index contributed by atoms with van der Waals surface area (Å²) in [7, 11) is 0. The highest BCUT2D eigenvalue weighted by molar-refractivity contribution is 5.19. The molecule has 0 fully saturated rings. The summed E-state index contributed by atoms with van der Waals surface area (Å²) in [6, 6.07) is 10.8. The molecule has 0 bridgehead atoms. The number of likely N-dealkylation sites (N-methyl/N-ethyl adjacent to an activating group) is 1. The zero-order valence-corrected chi connectivity index (χ0v) is 10.6. The minimum atomic E-state index is 0.210. The largest absolute Gasteiger partial charge is 0.377 e. The number of benzene rings is 1. The molecule has 0 aliphatic carbocycles. The first-order valence-electron chi connectivity index (χ1n) is 6.19. The number of hydrogen-bond donors (Lipinski definition) is 1. The fourth-order valence-electron chi connectivity index (χ4n) is 1.84. The zero-order chi connectivity index (χ0) is 11.8. The Balaban J connectivity index is 2.66. The normalized spacial score (nSPS) is 14.7. The Morgan fingerprint density at radius 1 is 1.19 bits per heavy atom. The molecule has 0 aliphatic heterocycles. The lowest BCUT2D eigenvalue weighted by molar-refractivity contribution is 0.0393. The molecule has 1 N–H and O–H groups in total. The molecule has 1 aromatic rings. The van der Waals surface area contributed by atoms with Gasteiger partial charge in [0.05, 0.1) is 12.1 Å². The van der Waals surface area contributed by atoms with Gasteiger partial charge in [-0.2, -0.15) is 0 Å². The molecule has 2 unspecified atom stereocenters. The highest BCUT2D eigenvalue weighted by atomic mass is 16.5. The van der Waals surface area contributed by atoms with Crippen molar-refractivity contribution in [1.82, 2.24) is 5.32 Å². The predicted molar refractivity (Wildman–Crippen MR) is 68.6 cm³/mol. The van der Waals surface area contributed by atoms with Crippen LogP contribution in [0.4, 0.5) is 0 Å². The molecule has 0 aliphatic rings. The molecule has 0 heterocycles. The molecule has 2 nitrogen and oxygen atoms in total. The van der Waals surface area contributed by atoms with Gasteiger partial charge >= 0.3 is 0 Å². The summed E-state index contributed by atoms with van der Waals surface area (Å²) in [5, 5.41) is 3.48. The first kappa shape index (κ1) is 13.2. The topological polar surface area (TPSA) is 21.3 Å². The number of hydrogen-bond acceptors (Lipinski definition) is 2. The Bertz CT molecular complexity index is 273. The van der Waals surface area contributed by atoms with Crippen LogP contribution < -0.4 is 5.32 Å². The monoisotopic (exact) mass is 221 g/mol. The molecule has 2 heteroatoms. The van der Waals surface area contributed by atoms with Crippen molar-refractivity contribution in [1.29, 1.82) is 0 Å². The molecule has 0 aromatic heterocycles. The van der Waals surface area contributed by atoms with E-state index in [9.17, 15) is 0 Å². The summed E-state index contributed by atoms with van der Waals surface area (Å²) in [5.41, 5.74) is 1.30. The summed E-state index contributed by atoms with van der Waals surface area (Å²) in [5.74, 6) is 0. The summed E-state index contributed by atoms with van der Waals surface area (Å²) >= 11 is 0. The zero-order valence-electron chi connectivity index (χ0n) is 10.6. The van der Waals surface area contributed by atoms with E-state index in [0.29, 0.717) is 0 Å². The standard InChI is InChI=1S/C14H23NO/c1-4-11-16-12(3)14(15-5-2)13-9-7-6-8-10-13/h6-10,12,14-15H,4-5,11H2,1-3H3. The third-order valence-electron chi connectivity index (χ3n) is 2.64. The second kappa shape index (κ2) is 7.42. The molecular formula is C14H23NO. The van der Waals surface area contributed by atoms with Crippen molar-refractivity contribution >= 4 is 0 Å². The van der Waals surface area contributed by atoms with Crippen molar-refractivity contribution in [3.63, 3.8) is 0 Å². The highest BCUT2D eigenvalue weighted by Gasteiger charge is 2.18. The third-order valence-corrected chi connectivity index (χ3v) is 2.64. The molecule has 90 valence electrons. The Morgan fingerprint density at radius 2 is 1.88 bits per heavy atom. The minimum absolute atomic E-state index is 0.210. The van der Waals surface area contributed by atoms with E-state index < -0.39 is 0 Å². The van der Waals surface area contributed by atoms with Gasteiger partial charge in [0.25, 0.3) is 0 Å². The fourth-order valence-corrected chi connectivity index (χ4v) is 1.84. The maximum Gasteiger partial charge on any atom is 0.0741 e. The molecular weight excluding hydrogens is 198 g/mol. The van der Waals surface area contributed by atoms with E-state index in [4.69, 9.17) is 4.74 Å². The van der Waals surface area contributed by atoms with E-state index in [1.807, 2.05) is 6.07 Å². The van der Waals surface area contributed by atoms with Crippen LogP contribution >= 0.6 is 0 Å². The molecule has 0 amide bonds. The van der Waals surface area contributed by atoms with Crippen LogP contribution in [0, 0.1) is 0 Å². The van der Waals surface area contributed by atoms with Gasteiger partial charge in [-0.15, -0.1) is 0 Å². The minimum Gasteiger partial charge on any atom is -0.377 e. The first-order valence-corrected chi connectivity index (χ1v) is 6.19. The SMILES string of the molecule is CCCOC(C)C(NCC)c1ccccc1. The van der Waals surface area contributed by atoms with Gasteiger partial charge < -0.3 is 10.1 Å². The van der Waals surface area contributed by atoms with Crippen LogP contribution in [0.25, 0.3) is 0 Å². The smallest absolute Gasteiger partial charge is 0.0741 e. The van der Waals surface area contributed by atoms with Crippen LogP contribution in [0.2, 0.25) is 0 Å². The predicted octanol–water partition coefficient (Wildman–Crippen LogP) is 3.15. The van der Waals surface area contributed by atoms with Gasteiger partial charge in [0, 0.05) is 6.61 Å². The molecule has 0 spiro atoms. The van der Waals surface area contributed by atoms with Gasteiger partial charge in [0.1, 0.15) is 0 Å². The quantitative estimate of drug-likeness (QED) is 0.763. The Hall–Kier alpha value is -0.860. The summed E-state index contributed by atoms with van der Waals surface area (Å²) in [6.07, 6.45) is 1.28. The van der Waals surface area contributed by atoms with Crippen molar-refractivity contribution in [2.45, 2.75) is 39.3 Å². The van der Waals surface area contributed by atoms with Crippen molar-refractivity contribution in [3.05, 3.63) is 35.9 Å². The average molecular weight is 221 g/mol. The Morgan fingerprint density at radius 3 is 2.44 bits per heavy atom. The fraction of sp³-hybridized carbons (Fsp3) is 0.571. The summed E-state index contributed by atoms with van der Waals surface area (Å²) in [6.45, 7) is 8.19. The van der Waals surface area contributed by atoms with E-state index in [1.165, 1.54) is 5.56 Å². The molecule has 1 rings (SSSR count). The lowest BCUT2D eigenvalue weighted by Crippen LogP contribution is -2.32. The van der Waals surface area contributed by atoms with Crippen molar-refractivity contribution in [2.24, 2.45) is 0 Å². The summed E-state index contributed by atoms with van der Waals surface area (Å²) in [4.78, 5) is 0. The van der Waals surface area contributed by atoms with E-state index in [1.54, 1.807) is 0 Å². The van der Waals surface area contributed by atoms with Crippen LogP contribution in [0.3, 0.4) is 0 Å². The molecule has 0 saturated heterocycles. The van der Waals surface area contributed by atoms with Crippen LogP contribution in [-0.4, -0.2) is 19.3 Å². The molecule has 16 heavy (non-hydrogen) atoms. The van der Waals surface area contributed by atoms with E-state index in [-0.39, 0.29) is 12.1 Å². The Kier molecular flexibility index (Phi) is 6.12. The van der Waals surface area contributed by atoms with Gasteiger partial charge in [-0.25, -0.2) is 0 Å². The van der Waals surface area contributed by atoms with E-state index in [0.717, 1.165) is 19.6 Å². The first-order chi connectivity index (χ1) is 7.79. The van der Waals surface area contributed by atoms with Gasteiger partial charge in [0.2, 0.25) is 0 Å². The molecule has 0 saturated carbocycles. The van der Waals surface area contributed by atoms with Crippen molar-refractivity contribution < 1.29 is 4.74 Å². The van der Waals surface area contributed by atoms with Gasteiger partial charge in [-0.1, -0.05) is 44.2 Å². The maximum atomic E-state index is 5.80. The Labute approximate surface area is 99.0 Å². The van der Waals surface area contributed by atoms with Crippen LogP contribution in [0.5, 0.6) is 0 Å². The van der Waals surface area contributed by atoms with Crippen LogP contribution in [0.1, 0.15) is 38.8 Å². The molecule has 2 atom stereocenters. The highest BCUT2D eigenvalue weighted by Crippen LogP contribution is 2.18. The summed E-state index contributed by atoms with van der Waals surface area (Å²) < 4.78 is 5.80. The lowest BCUT2D eigenvalue weighted by atomic mass is 10.0. The number of ether oxygens (including phenoxy) is 1. The molecule has 1 aromatic carbocycles. The lowest BCUT2D eigenvalue weighted by Gasteiger charge is -2.25. The van der Waals surface area contributed by atoms with Crippen LogP contribution in [0.15, 0.2) is 30.3 Å². The van der Waals surface area contributed by atoms with Gasteiger partial charge in [-0.05, 0) is 25.5 Å². The maximum absolute atomic E-state index is 5.80. The second-order valence-electron chi connectivity index (χ2n) is 4.02. The third kappa shape index (κ3) is 3.95. The van der Waals surface area contributed by atoms with Crippen LogP contribution in [-0.2, 0) is 4.74 Å². The number of nitrogens with one attached hydrogen (secondary N) is 1. The van der Waals surface area contributed by atoms with E-state index in [2.05, 4.69) is 50.4 Å². The van der Waals surface area contributed by atoms with Crippen molar-refractivity contribution in [2.75, 3.05) is 13.2 Å². The average Bonchev–Trinajstić information content (AvgIpc) is 2.34. The van der Waals surface area contributed by atoms with Gasteiger partial charge in [0.15, 0.2) is 0 Å². The van der Waals surface area contributed by atoms with E-state index >= 15 is 0 Å². The van der Waals surface area contributed by atoms with Gasteiger partial charge in [-0.3, -0.25) is 0 Å². The molecule has 0 radical (unpaired) electrons. The number of rotatable bonds is 7.